The van der Waals surface area contributed by atoms with Gasteiger partial charge in [-0.2, -0.15) is 5.10 Å². The number of amides is 1. The lowest BCUT2D eigenvalue weighted by molar-refractivity contribution is 0.0740. The number of unbranched alkanes of at least 4 members (excludes halogenated alkanes) is 3. The maximum absolute atomic E-state index is 13.6. The van der Waals surface area contributed by atoms with E-state index in [2.05, 4.69) is 24.0 Å². The number of nitrogens with one attached hydrogen (secondary N) is 1. The number of phenols is 1. The van der Waals surface area contributed by atoms with E-state index < -0.39 is 0 Å². The number of aromatic nitrogens is 2. The highest BCUT2D eigenvalue weighted by Gasteiger charge is 2.42. The maximum Gasteiger partial charge on any atom is 0.273 e. The van der Waals surface area contributed by atoms with Gasteiger partial charge >= 0.3 is 0 Å². The summed E-state index contributed by atoms with van der Waals surface area (Å²) in [6.07, 6.45) is 5.05. The Kier molecular flexibility index (Phi) is 8.41. The standard InChI is InChI=1S/C30H39N3O4/c1-6-9-11-14-33-29(21-12-13-23(37-15-10-7-2)24(18-21)36-8-3)26-27(31-32-28(26)30(33)35)25-20(5)16-19(4)17-22(25)34/h12-13,16-18,29,34H,6-11,14-15H2,1-5H3,(H,31,32). The van der Waals surface area contributed by atoms with Crippen molar-refractivity contribution in [2.75, 3.05) is 19.8 Å². The maximum atomic E-state index is 13.6. The van der Waals surface area contributed by atoms with Crippen molar-refractivity contribution in [3.63, 3.8) is 0 Å². The number of carbonyl (C=O) groups is 1. The average Bonchev–Trinajstić information content (AvgIpc) is 3.39. The third-order valence-electron chi connectivity index (χ3n) is 6.90. The van der Waals surface area contributed by atoms with Crippen LogP contribution in [0.15, 0.2) is 30.3 Å². The highest BCUT2D eigenvalue weighted by Crippen LogP contribution is 2.47. The number of benzene rings is 2. The molecule has 1 aliphatic heterocycles. The number of ether oxygens (including phenoxy) is 2. The first-order valence-corrected chi connectivity index (χ1v) is 13.5. The highest BCUT2D eigenvalue weighted by atomic mass is 16.5. The third-order valence-corrected chi connectivity index (χ3v) is 6.90. The molecule has 2 aromatic carbocycles. The van der Waals surface area contributed by atoms with Gasteiger partial charge in [0.15, 0.2) is 11.5 Å². The fourth-order valence-electron chi connectivity index (χ4n) is 5.16. The molecule has 1 atom stereocenters. The zero-order valence-electron chi connectivity index (χ0n) is 22.7. The average molecular weight is 506 g/mol. The van der Waals surface area contributed by atoms with E-state index >= 15 is 0 Å². The minimum atomic E-state index is -0.350. The molecule has 0 fully saturated rings. The monoisotopic (exact) mass is 505 g/mol. The number of carbonyl (C=O) groups excluding carboxylic acids is 1. The van der Waals surface area contributed by atoms with Crippen molar-refractivity contribution in [3.8, 4) is 28.5 Å². The van der Waals surface area contributed by atoms with Gasteiger partial charge in [-0.25, -0.2) is 0 Å². The van der Waals surface area contributed by atoms with Crippen LogP contribution in [0.4, 0.5) is 0 Å². The van der Waals surface area contributed by atoms with Crippen LogP contribution in [0.5, 0.6) is 17.2 Å². The van der Waals surface area contributed by atoms with Crippen LogP contribution in [0.3, 0.4) is 0 Å². The third kappa shape index (κ3) is 5.31. The number of aryl methyl sites for hydroxylation is 2. The van der Waals surface area contributed by atoms with E-state index in [1.807, 2.05) is 49.9 Å². The van der Waals surface area contributed by atoms with Gasteiger partial charge < -0.3 is 19.5 Å². The summed E-state index contributed by atoms with van der Waals surface area (Å²) in [5.74, 6) is 1.47. The molecule has 1 amide bonds. The van der Waals surface area contributed by atoms with Gasteiger partial charge in [-0.15, -0.1) is 0 Å². The van der Waals surface area contributed by atoms with Crippen LogP contribution < -0.4 is 9.47 Å². The normalized spacial score (nSPS) is 14.8. The second-order valence-corrected chi connectivity index (χ2v) is 9.79. The number of hydrogen-bond donors (Lipinski definition) is 2. The number of nitrogens with zero attached hydrogens (tertiary/aromatic N) is 2. The first kappa shape index (κ1) is 26.6. The quantitative estimate of drug-likeness (QED) is 0.267. The summed E-state index contributed by atoms with van der Waals surface area (Å²) in [4.78, 5) is 15.6. The Labute approximate surface area is 219 Å². The summed E-state index contributed by atoms with van der Waals surface area (Å²) in [6.45, 7) is 11.9. The molecule has 0 spiro atoms. The SMILES string of the molecule is CCCCCN1C(=O)c2[nH]nc(-c3c(C)cc(C)cc3O)c2C1c1ccc(OCCCC)c(OCC)c1. The van der Waals surface area contributed by atoms with Crippen molar-refractivity contribution in [1.82, 2.24) is 15.1 Å². The molecule has 0 bridgehead atoms. The minimum absolute atomic E-state index is 0.0691. The van der Waals surface area contributed by atoms with Crippen LogP contribution in [-0.2, 0) is 0 Å². The Hall–Kier alpha value is -3.48. The molecule has 37 heavy (non-hydrogen) atoms. The fraction of sp³-hybridized carbons (Fsp3) is 0.467. The number of phenolic OH excluding ortho intramolecular Hbond substituents is 1. The lowest BCUT2D eigenvalue weighted by Crippen LogP contribution is -2.30. The van der Waals surface area contributed by atoms with Crippen molar-refractivity contribution in [1.29, 1.82) is 0 Å². The second kappa shape index (κ2) is 11.7. The Morgan fingerprint density at radius 1 is 1.00 bits per heavy atom. The summed E-state index contributed by atoms with van der Waals surface area (Å²) < 4.78 is 12.0. The Morgan fingerprint density at radius 2 is 1.78 bits per heavy atom. The second-order valence-electron chi connectivity index (χ2n) is 9.79. The number of aromatic hydroxyl groups is 1. The van der Waals surface area contributed by atoms with Gasteiger partial charge in [0.1, 0.15) is 17.1 Å². The summed E-state index contributed by atoms with van der Waals surface area (Å²) in [6, 6.07) is 9.36. The summed E-state index contributed by atoms with van der Waals surface area (Å²) in [7, 11) is 0. The molecule has 2 N–H and O–H groups in total. The van der Waals surface area contributed by atoms with E-state index in [0.29, 0.717) is 48.2 Å². The molecular weight excluding hydrogens is 466 g/mol. The Balaban J connectivity index is 1.83. The van der Waals surface area contributed by atoms with E-state index in [4.69, 9.17) is 9.47 Å². The van der Waals surface area contributed by atoms with Crippen LogP contribution in [0, 0.1) is 13.8 Å². The zero-order chi connectivity index (χ0) is 26.5. The van der Waals surface area contributed by atoms with Gasteiger partial charge in [0.05, 0.1) is 19.3 Å². The molecule has 1 aliphatic rings. The summed E-state index contributed by atoms with van der Waals surface area (Å²) in [5.41, 5.74) is 5.37. The van der Waals surface area contributed by atoms with E-state index in [1.165, 1.54) is 0 Å². The number of fused-ring (bicyclic) bond motifs is 1. The smallest absolute Gasteiger partial charge is 0.273 e. The fourth-order valence-corrected chi connectivity index (χ4v) is 5.16. The molecule has 0 saturated heterocycles. The van der Waals surface area contributed by atoms with E-state index in [0.717, 1.165) is 54.4 Å². The summed E-state index contributed by atoms with van der Waals surface area (Å²) in [5, 5.41) is 18.5. The molecule has 2 heterocycles. The van der Waals surface area contributed by atoms with Crippen molar-refractivity contribution in [3.05, 3.63) is 58.3 Å². The van der Waals surface area contributed by atoms with Crippen LogP contribution in [0.25, 0.3) is 11.3 Å². The molecule has 1 unspecified atom stereocenters. The first-order valence-electron chi connectivity index (χ1n) is 13.5. The van der Waals surface area contributed by atoms with Crippen molar-refractivity contribution in [2.24, 2.45) is 0 Å². The molecule has 3 aromatic rings. The molecule has 198 valence electrons. The topological polar surface area (TPSA) is 87.7 Å². The van der Waals surface area contributed by atoms with Gasteiger partial charge in [-0.3, -0.25) is 9.89 Å². The van der Waals surface area contributed by atoms with Crippen molar-refractivity contribution >= 4 is 5.91 Å². The van der Waals surface area contributed by atoms with Gasteiger partial charge in [-0.1, -0.05) is 45.2 Å². The van der Waals surface area contributed by atoms with Crippen LogP contribution >= 0.6 is 0 Å². The van der Waals surface area contributed by atoms with E-state index in [1.54, 1.807) is 6.07 Å². The van der Waals surface area contributed by atoms with Crippen LogP contribution in [0.1, 0.15) is 91.7 Å². The van der Waals surface area contributed by atoms with E-state index in [9.17, 15) is 9.90 Å². The highest BCUT2D eigenvalue weighted by molar-refractivity contribution is 6.00. The van der Waals surface area contributed by atoms with Crippen LogP contribution in [0.2, 0.25) is 0 Å². The van der Waals surface area contributed by atoms with Gasteiger partial charge in [0.2, 0.25) is 0 Å². The largest absolute Gasteiger partial charge is 0.507 e. The van der Waals surface area contributed by atoms with Gasteiger partial charge in [0.25, 0.3) is 5.91 Å². The Bertz CT molecular complexity index is 1230. The van der Waals surface area contributed by atoms with Crippen molar-refractivity contribution in [2.45, 2.75) is 72.8 Å². The molecule has 7 heteroatoms. The summed E-state index contributed by atoms with van der Waals surface area (Å²) >= 11 is 0. The van der Waals surface area contributed by atoms with E-state index in [-0.39, 0.29) is 17.7 Å². The Morgan fingerprint density at radius 3 is 2.49 bits per heavy atom. The number of aromatic amines is 1. The molecule has 0 saturated carbocycles. The number of hydrogen-bond acceptors (Lipinski definition) is 5. The van der Waals surface area contributed by atoms with Crippen molar-refractivity contribution < 1.29 is 19.4 Å². The minimum Gasteiger partial charge on any atom is -0.507 e. The molecule has 4 rings (SSSR count). The van der Waals surface area contributed by atoms with Gasteiger partial charge in [-0.05, 0) is 68.5 Å². The molecule has 0 aliphatic carbocycles. The predicted octanol–water partition coefficient (Wildman–Crippen LogP) is 6.71. The molecule has 7 nitrogen and oxygen atoms in total. The lowest BCUT2D eigenvalue weighted by atomic mass is 9.93. The van der Waals surface area contributed by atoms with Crippen LogP contribution in [-0.4, -0.2) is 45.9 Å². The predicted molar refractivity (Wildman–Crippen MR) is 146 cm³/mol. The molecule has 0 radical (unpaired) electrons. The first-order chi connectivity index (χ1) is 17.9. The number of rotatable bonds is 12. The molecular formula is C30H39N3O4. The number of H-pyrrole nitrogens is 1. The zero-order valence-corrected chi connectivity index (χ0v) is 22.7. The lowest BCUT2D eigenvalue weighted by Gasteiger charge is -2.27. The van der Waals surface area contributed by atoms with Gasteiger partial charge in [0, 0.05) is 17.7 Å². The molecule has 1 aromatic heterocycles.